The summed E-state index contributed by atoms with van der Waals surface area (Å²) in [5.41, 5.74) is 6.75. The molecule has 5 N–H and O–H groups in total. The van der Waals surface area contributed by atoms with Gasteiger partial charge in [0.2, 0.25) is 0 Å². The number of phosphoric acid groups is 1. The topological polar surface area (TPSA) is 215 Å². The number of ether oxygens (including phenoxy) is 2. The van der Waals surface area contributed by atoms with Crippen molar-refractivity contribution >= 4 is 25.1 Å². The van der Waals surface area contributed by atoms with E-state index in [1.807, 2.05) is 0 Å². The molecule has 1 unspecified atom stereocenters. The summed E-state index contributed by atoms with van der Waals surface area (Å²) in [4.78, 5) is 29.4. The molecule has 0 aliphatic heterocycles. The molecule has 0 aliphatic carbocycles. The Morgan fingerprint density at radius 3 is 2.04 bits per heavy atom. The number of likely N-dealkylation sites (N-methyl/N-ethyl adjacent to an activating group) is 1. The standard InChI is InChI=1S/C41H65N6O9P/c1-4-5-6-7-8-9-10-11-12-13-14-15-16-17-18-22-27-53-32(2)36(46(3)41(50)33-23-20-19-21-24-33)28-55-57(51,52)56-29-37(54-30-42)39(49)38(48)34-25-26-35-40(43)44-31-45-47(34)35/h19-21,23-26,31-32,36-39,48-49H,4-18,22,27-29H2,1-3H3,(H,51,52)(H2,43,44,45)/t32-,36-,37+,38-,39+/m0/s1. The third kappa shape index (κ3) is 16.6. The lowest BCUT2D eigenvalue weighted by molar-refractivity contribution is -0.0803. The van der Waals surface area contributed by atoms with Crippen LogP contribution >= 0.6 is 7.82 Å². The molecule has 6 atom stereocenters. The Hall–Kier alpha value is -3.61. The van der Waals surface area contributed by atoms with Gasteiger partial charge in [-0.05, 0) is 37.6 Å². The number of nitrogens with zero attached hydrogens (tertiary/aromatic N) is 5. The number of aliphatic hydroxyl groups excluding tert-OH is 2. The van der Waals surface area contributed by atoms with Crippen LogP contribution in [-0.4, -0.2) is 91.7 Å². The average Bonchev–Trinajstić information content (AvgIpc) is 3.65. The van der Waals surface area contributed by atoms with Crippen molar-refractivity contribution in [2.45, 2.75) is 147 Å². The molecule has 2 aromatic heterocycles. The largest absolute Gasteiger partial charge is 0.472 e. The number of hydrogen-bond donors (Lipinski definition) is 4. The number of aliphatic hydroxyl groups is 2. The van der Waals surface area contributed by atoms with Crippen LogP contribution in [-0.2, 0) is 23.1 Å². The van der Waals surface area contributed by atoms with E-state index in [4.69, 9.17) is 24.3 Å². The maximum Gasteiger partial charge on any atom is 0.472 e. The summed E-state index contributed by atoms with van der Waals surface area (Å²) in [6.45, 7) is 3.23. The molecule has 0 bridgehead atoms. The Morgan fingerprint density at radius 1 is 0.895 bits per heavy atom. The summed E-state index contributed by atoms with van der Waals surface area (Å²) in [7, 11) is -3.30. The van der Waals surface area contributed by atoms with Crippen molar-refractivity contribution in [3.8, 4) is 6.26 Å². The highest BCUT2D eigenvalue weighted by atomic mass is 31.2. The zero-order valence-electron chi connectivity index (χ0n) is 34.0. The van der Waals surface area contributed by atoms with Crippen molar-refractivity contribution in [3.63, 3.8) is 0 Å². The molecule has 15 nitrogen and oxygen atoms in total. The van der Waals surface area contributed by atoms with E-state index in [0.29, 0.717) is 17.7 Å². The Kier molecular flexibility index (Phi) is 22.1. The maximum atomic E-state index is 13.4. The highest BCUT2D eigenvalue weighted by Gasteiger charge is 2.36. The van der Waals surface area contributed by atoms with E-state index < -0.39 is 51.5 Å². The van der Waals surface area contributed by atoms with Crippen LogP contribution in [0.1, 0.15) is 139 Å². The number of phosphoric ester groups is 1. The molecule has 0 saturated carbocycles. The normalized spacial score (nSPS) is 15.3. The number of nitriles is 1. The Labute approximate surface area is 338 Å². The number of nitrogen functional groups attached to an aromatic ring is 1. The molecular formula is C41H65N6O9P. The van der Waals surface area contributed by atoms with E-state index in [2.05, 4.69) is 17.0 Å². The molecule has 318 valence electrons. The van der Waals surface area contributed by atoms with E-state index in [9.17, 15) is 29.7 Å². The number of aromatic nitrogens is 3. The van der Waals surface area contributed by atoms with Crippen LogP contribution < -0.4 is 5.73 Å². The fraction of sp³-hybridized carbons (Fsp3) is 0.659. The quantitative estimate of drug-likeness (QED) is 0.0281. The number of carbonyl (C=O) groups is 1. The second-order valence-corrected chi connectivity index (χ2v) is 16.1. The maximum absolute atomic E-state index is 13.4. The number of amides is 1. The summed E-state index contributed by atoms with van der Waals surface area (Å²) < 4.78 is 35.9. The number of hydrogen-bond acceptors (Lipinski definition) is 12. The number of carbonyl (C=O) groups excluding carboxylic acids is 1. The number of unbranched alkanes of at least 4 members (excludes halogenated alkanes) is 15. The van der Waals surface area contributed by atoms with Crippen molar-refractivity contribution in [2.75, 3.05) is 32.6 Å². The van der Waals surface area contributed by atoms with Crippen LogP contribution in [0.15, 0.2) is 48.8 Å². The fourth-order valence-corrected chi connectivity index (χ4v) is 7.50. The third-order valence-electron chi connectivity index (χ3n) is 10.3. The summed E-state index contributed by atoms with van der Waals surface area (Å²) in [5, 5.41) is 35.1. The van der Waals surface area contributed by atoms with E-state index in [1.54, 1.807) is 44.3 Å². The lowest BCUT2D eigenvalue weighted by Crippen LogP contribution is -2.47. The van der Waals surface area contributed by atoms with Gasteiger partial charge in [-0.15, -0.1) is 0 Å². The smallest absolute Gasteiger partial charge is 0.419 e. The third-order valence-corrected chi connectivity index (χ3v) is 11.2. The van der Waals surface area contributed by atoms with Gasteiger partial charge in [-0.1, -0.05) is 121 Å². The van der Waals surface area contributed by atoms with Crippen LogP contribution in [0.3, 0.4) is 0 Å². The van der Waals surface area contributed by atoms with Gasteiger partial charge in [0.15, 0.2) is 11.9 Å². The van der Waals surface area contributed by atoms with Gasteiger partial charge in [0.25, 0.3) is 12.2 Å². The van der Waals surface area contributed by atoms with Crippen molar-refractivity contribution in [2.24, 2.45) is 0 Å². The monoisotopic (exact) mass is 816 g/mol. The predicted octanol–water partition coefficient (Wildman–Crippen LogP) is 7.51. The zero-order chi connectivity index (χ0) is 41.5. The lowest BCUT2D eigenvalue weighted by atomic mass is 10.0. The second kappa shape index (κ2) is 26.4. The summed E-state index contributed by atoms with van der Waals surface area (Å²) in [5.74, 6) is -0.195. The molecule has 0 aliphatic rings. The van der Waals surface area contributed by atoms with Crippen molar-refractivity contribution < 1.29 is 43.0 Å². The summed E-state index contributed by atoms with van der Waals surface area (Å²) >= 11 is 0. The van der Waals surface area contributed by atoms with Crippen LogP contribution in [0.25, 0.3) is 5.52 Å². The fourth-order valence-electron chi connectivity index (χ4n) is 6.75. The number of fused-ring (bicyclic) bond motifs is 1. The first-order valence-electron chi connectivity index (χ1n) is 20.5. The minimum Gasteiger partial charge on any atom is -0.419 e. The van der Waals surface area contributed by atoms with Crippen LogP contribution in [0.5, 0.6) is 0 Å². The van der Waals surface area contributed by atoms with E-state index in [0.717, 1.165) is 19.3 Å². The molecule has 0 radical (unpaired) electrons. The molecule has 3 aromatic rings. The molecular weight excluding hydrogens is 751 g/mol. The van der Waals surface area contributed by atoms with Crippen molar-refractivity contribution in [1.29, 1.82) is 5.26 Å². The highest BCUT2D eigenvalue weighted by molar-refractivity contribution is 7.47. The number of benzene rings is 1. The Bertz CT molecular complexity index is 1660. The minimum atomic E-state index is -4.86. The van der Waals surface area contributed by atoms with Crippen LogP contribution in [0.4, 0.5) is 5.82 Å². The molecule has 1 aromatic carbocycles. The summed E-state index contributed by atoms with van der Waals surface area (Å²) in [6.07, 6.45) is 17.1. The number of rotatable bonds is 31. The van der Waals surface area contributed by atoms with E-state index in [-0.39, 0.29) is 17.4 Å². The van der Waals surface area contributed by atoms with Gasteiger partial charge in [0.1, 0.15) is 24.1 Å². The average molecular weight is 817 g/mol. The Morgan fingerprint density at radius 2 is 1.46 bits per heavy atom. The molecule has 2 heterocycles. The first-order chi connectivity index (χ1) is 27.5. The second-order valence-electron chi connectivity index (χ2n) is 14.7. The van der Waals surface area contributed by atoms with Crippen molar-refractivity contribution in [1.82, 2.24) is 19.5 Å². The van der Waals surface area contributed by atoms with Crippen molar-refractivity contribution in [3.05, 3.63) is 60.0 Å². The van der Waals surface area contributed by atoms with Gasteiger partial charge in [-0.3, -0.25) is 13.8 Å². The lowest BCUT2D eigenvalue weighted by Gasteiger charge is -2.33. The van der Waals surface area contributed by atoms with Gasteiger partial charge < -0.3 is 35.2 Å². The predicted molar refractivity (Wildman–Crippen MR) is 218 cm³/mol. The van der Waals surface area contributed by atoms with Crippen LogP contribution in [0, 0.1) is 11.5 Å². The molecule has 0 spiro atoms. The summed E-state index contributed by atoms with van der Waals surface area (Å²) in [6, 6.07) is 10.8. The first kappa shape index (κ1) is 47.8. The molecule has 16 heteroatoms. The number of nitrogens with two attached hydrogens (primary N) is 1. The van der Waals surface area contributed by atoms with Gasteiger partial charge in [0, 0.05) is 19.2 Å². The molecule has 57 heavy (non-hydrogen) atoms. The van der Waals surface area contributed by atoms with Gasteiger partial charge in [-0.25, -0.2) is 14.1 Å². The Balaban J connectivity index is 1.46. The van der Waals surface area contributed by atoms with Gasteiger partial charge in [0.05, 0.1) is 31.1 Å². The zero-order valence-corrected chi connectivity index (χ0v) is 34.9. The van der Waals surface area contributed by atoms with E-state index >= 15 is 0 Å². The molecule has 0 fully saturated rings. The van der Waals surface area contributed by atoms with Crippen LogP contribution in [0.2, 0.25) is 0 Å². The minimum absolute atomic E-state index is 0.101. The SMILES string of the molecule is CCCCCCCCCCCCCCCCCCO[C@@H](C)[C@H](COP(=O)(O)OC[C@@H](OC#N)[C@@H](O)[C@@H](O)c1ccc2c(N)ncnn12)N(C)C(=O)c1ccccc1. The molecule has 1 amide bonds. The first-order valence-corrected chi connectivity index (χ1v) is 22.0. The molecule has 0 saturated heterocycles. The van der Waals surface area contributed by atoms with E-state index in [1.165, 1.54) is 118 Å². The van der Waals surface area contributed by atoms with Gasteiger partial charge >= 0.3 is 7.82 Å². The van der Waals surface area contributed by atoms with Gasteiger partial charge in [-0.2, -0.15) is 10.4 Å². The molecule has 3 rings (SSSR count). The highest BCUT2D eigenvalue weighted by Crippen LogP contribution is 2.44. The number of anilines is 1.